The number of nitrogens with zero attached hydrogens (tertiary/aromatic N) is 5. The van der Waals surface area contributed by atoms with E-state index in [4.69, 9.17) is 0 Å². The van der Waals surface area contributed by atoms with Crippen molar-refractivity contribution in [1.82, 2.24) is 19.3 Å². The van der Waals surface area contributed by atoms with Crippen LogP contribution in [0.5, 0.6) is 0 Å². The van der Waals surface area contributed by atoms with Gasteiger partial charge in [-0.05, 0) is 29.8 Å². The number of aliphatic hydroxyl groups is 1. The Balaban J connectivity index is 1.27. The van der Waals surface area contributed by atoms with E-state index in [0.717, 1.165) is 24.3 Å². The Morgan fingerprint density at radius 3 is 2.15 bits per heavy atom. The van der Waals surface area contributed by atoms with Crippen LogP contribution in [0, 0.1) is 0 Å². The summed E-state index contributed by atoms with van der Waals surface area (Å²) < 4.78 is 1.33. The Hall–Kier alpha value is -4.98. The van der Waals surface area contributed by atoms with Gasteiger partial charge >= 0.3 is 0 Å². The molecule has 0 radical (unpaired) electrons. The molecule has 1 N–H and O–H groups in total. The second-order valence-corrected chi connectivity index (χ2v) is 9.54. The third kappa shape index (κ3) is 4.84. The molecule has 0 saturated carbocycles. The van der Waals surface area contributed by atoms with Gasteiger partial charge < -0.3 is 14.9 Å². The Morgan fingerprint density at radius 2 is 1.46 bits per heavy atom. The maximum absolute atomic E-state index is 13.4. The number of hydrogen-bond donors (Lipinski definition) is 1. The maximum atomic E-state index is 13.4. The Bertz CT molecular complexity index is 1730. The smallest absolute Gasteiger partial charge is 0.270 e. The summed E-state index contributed by atoms with van der Waals surface area (Å²) in [5.41, 5.74) is 3.15. The molecule has 0 aliphatic carbocycles. The van der Waals surface area contributed by atoms with Gasteiger partial charge in [0.1, 0.15) is 11.0 Å². The molecule has 3 aromatic carbocycles. The molecule has 3 heterocycles. The molecule has 39 heavy (non-hydrogen) atoms. The largest absolute Gasteiger partial charge is 0.506 e. The lowest BCUT2D eigenvalue weighted by Crippen LogP contribution is -2.48. The van der Waals surface area contributed by atoms with Crippen LogP contribution in [-0.4, -0.2) is 56.5 Å². The highest BCUT2D eigenvalue weighted by Crippen LogP contribution is 2.18. The molecule has 8 heteroatoms. The quantitative estimate of drug-likeness (QED) is 0.385. The first-order valence-electron chi connectivity index (χ1n) is 12.9. The number of imidazole rings is 1. The molecule has 0 spiro atoms. The number of carbonyl (C=O) groups is 1. The number of carbonyl (C=O) groups excluding carboxylic acids is 1. The minimum absolute atomic E-state index is 0.0514. The van der Waals surface area contributed by atoms with Gasteiger partial charge in [0.2, 0.25) is 5.78 Å². The number of aromatic nitrogens is 3. The van der Waals surface area contributed by atoms with Gasteiger partial charge in [-0.25, -0.2) is 14.4 Å². The van der Waals surface area contributed by atoms with E-state index in [1.54, 1.807) is 24.3 Å². The number of rotatable bonds is 5. The topological polar surface area (TPSA) is 91.0 Å². The summed E-state index contributed by atoms with van der Waals surface area (Å²) >= 11 is 0. The zero-order chi connectivity index (χ0) is 26.8. The summed E-state index contributed by atoms with van der Waals surface area (Å²) in [6.07, 6.45) is 3.41. The zero-order valence-corrected chi connectivity index (χ0v) is 21.3. The molecule has 0 bridgehead atoms. The van der Waals surface area contributed by atoms with Crippen molar-refractivity contribution in [3.8, 4) is 0 Å². The van der Waals surface area contributed by atoms with Crippen LogP contribution >= 0.6 is 0 Å². The fourth-order valence-corrected chi connectivity index (χ4v) is 5.02. The van der Waals surface area contributed by atoms with Crippen LogP contribution in [0.25, 0.3) is 11.5 Å². The van der Waals surface area contributed by atoms with Gasteiger partial charge in [0.15, 0.2) is 0 Å². The first-order chi connectivity index (χ1) is 19.1. The second-order valence-electron chi connectivity index (χ2n) is 9.54. The second kappa shape index (κ2) is 10.4. The number of fused-ring (bicyclic) bond motifs is 1. The molecule has 1 aliphatic heterocycles. The predicted octanol–water partition coefficient (Wildman–Crippen LogP) is 3.08. The van der Waals surface area contributed by atoms with Crippen LogP contribution in [0.3, 0.4) is 0 Å². The molecule has 5 aromatic rings. The molecule has 2 aromatic heterocycles. The summed E-state index contributed by atoms with van der Waals surface area (Å²) in [4.78, 5) is 39.4. The van der Waals surface area contributed by atoms with E-state index in [-0.39, 0.29) is 22.7 Å². The monoisotopic (exact) mass is 517 g/mol. The molecule has 1 amide bonds. The normalized spacial score (nSPS) is 14.5. The van der Waals surface area contributed by atoms with E-state index in [1.165, 1.54) is 16.8 Å². The number of hydrogen-bond acceptors (Lipinski definition) is 6. The van der Waals surface area contributed by atoms with Crippen molar-refractivity contribution in [2.75, 3.05) is 31.1 Å². The first kappa shape index (κ1) is 24.4. The van der Waals surface area contributed by atoms with E-state index in [1.807, 2.05) is 53.4 Å². The van der Waals surface area contributed by atoms with Gasteiger partial charge in [0.05, 0.1) is 5.69 Å². The number of amides is 1. The number of aliphatic hydroxyl groups excluding tert-OH is 1. The number of para-hydroxylation sites is 1. The minimum atomic E-state index is -0.391. The van der Waals surface area contributed by atoms with Crippen molar-refractivity contribution in [3.05, 3.63) is 135 Å². The lowest BCUT2D eigenvalue weighted by molar-refractivity contribution is 0.0746. The Morgan fingerprint density at radius 1 is 0.821 bits per heavy atom. The van der Waals surface area contributed by atoms with E-state index in [9.17, 15) is 14.7 Å². The fourth-order valence-electron chi connectivity index (χ4n) is 5.02. The molecule has 0 unspecified atom stereocenters. The average molecular weight is 518 g/mol. The molecule has 1 saturated heterocycles. The minimum Gasteiger partial charge on any atom is -0.506 e. The van der Waals surface area contributed by atoms with Crippen LogP contribution in [0.15, 0.2) is 102 Å². The highest BCUT2D eigenvalue weighted by atomic mass is 16.3. The fraction of sp³-hybridized carbons (Fsp3) is 0.161. The number of piperazine rings is 1. The summed E-state index contributed by atoms with van der Waals surface area (Å²) in [5, 5.41) is 11.4. The van der Waals surface area contributed by atoms with E-state index in [2.05, 4.69) is 27.0 Å². The van der Waals surface area contributed by atoms with E-state index in [0.29, 0.717) is 36.3 Å². The lowest BCUT2D eigenvalue weighted by Gasteiger charge is -2.36. The standard InChI is InChI=1S/C31H27N5O3/c37-28(27-26(21-22-7-3-1-4-8-22)33-31-32-15-16-36(31)30(27)39)23-11-13-24(14-12-23)29(38)35-19-17-34(18-20-35)25-9-5-2-6-10-25/h1-16,37H,17-21H2. The van der Waals surface area contributed by atoms with Crippen LogP contribution in [0.4, 0.5) is 5.69 Å². The first-order valence-corrected chi connectivity index (χ1v) is 12.9. The lowest BCUT2D eigenvalue weighted by atomic mass is 10.0. The van der Waals surface area contributed by atoms with Crippen molar-refractivity contribution >= 4 is 23.1 Å². The van der Waals surface area contributed by atoms with Gasteiger partial charge in [-0.1, -0.05) is 60.7 Å². The van der Waals surface area contributed by atoms with Gasteiger partial charge in [-0.15, -0.1) is 0 Å². The van der Waals surface area contributed by atoms with Crippen molar-refractivity contribution in [2.24, 2.45) is 0 Å². The maximum Gasteiger partial charge on any atom is 0.270 e. The van der Waals surface area contributed by atoms with Crippen molar-refractivity contribution < 1.29 is 9.90 Å². The molecular formula is C31H27N5O3. The van der Waals surface area contributed by atoms with Gasteiger partial charge in [-0.2, -0.15) is 0 Å². The molecule has 0 atom stereocenters. The Kier molecular flexibility index (Phi) is 6.50. The summed E-state index contributed by atoms with van der Waals surface area (Å²) in [6, 6.07) is 26.6. The summed E-state index contributed by atoms with van der Waals surface area (Å²) in [5.74, 6) is 0.0600. The van der Waals surface area contributed by atoms with Crippen molar-refractivity contribution in [2.45, 2.75) is 6.42 Å². The van der Waals surface area contributed by atoms with Gasteiger partial charge in [0.25, 0.3) is 11.5 Å². The molecule has 8 nitrogen and oxygen atoms in total. The van der Waals surface area contributed by atoms with Gasteiger partial charge in [-0.3, -0.25) is 9.59 Å². The van der Waals surface area contributed by atoms with Crippen molar-refractivity contribution in [3.63, 3.8) is 0 Å². The van der Waals surface area contributed by atoms with E-state index >= 15 is 0 Å². The summed E-state index contributed by atoms with van der Waals surface area (Å²) in [6.45, 7) is 2.79. The van der Waals surface area contributed by atoms with Crippen molar-refractivity contribution in [1.29, 1.82) is 0 Å². The molecule has 1 fully saturated rings. The molecule has 6 rings (SSSR count). The highest BCUT2D eigenvalue weighted by Gasteiger charge is 2.22. The average Bonchev–Trinajstić information content (AvgIpc) is 3.47. The summed E-state index contributed by atoms with van der Waals surface area (Å²) in [7, 11) is 0. The van der Waals surface area contributed by atoms with Gasteiger partial charge in [0, 0.05) is 61.8 Å². The van der Waals surface area contributed by atoms with Crippen LogP contribution in [-0.2, 0) is 6.42 Å². The SMILES string of the molecule is O=C(c1ccc(C(O)=c2c(Cc3ccccc3)nc3nccn3c2=O)cc1)N1CCN(c2ccccc2)CC1. The molecule has 1 aliphatic rings. The van der Waals surface area contributed by atoms with Crippen LogP contribution in [0.2, 0.25) is 0 Å². The third-order valence-corrected chi connectivity index (χ3v) is 7.12. The Labute approximate surface area is 225 Å². The number of anilines is 1. The third-order valence-electron chi connectivity index (χ3n) is 7.12. The highest BCUT2D eigenvalue weighted by molar-refractivity contribution is 5.94. The van der Waals surface area contributed by atoms with E-state index < -0.39 is 5.56 Å². The number of benzene rings is 3. The van der Waals surface area contributed by atoms with Crippen LogP contribution < -0.4 is 15.7 Å². The molecular weight excluding hydrogens is 490 g/mol. The molecule has 194 valence electrons. The zero-order valence-electron chi connectivity index (χ0n) is 21.3. The van der Waals surface area contributed by atoms with Crippen LogP contribution in [0.1, 0.15) is 27.2 Å². The predicted molar refractivity (Wildman–Crippen MR) is 150 cm³/mol.